The topological polar surface area (TPSA) is 39.1 Å². The van der Waals surface area contributed by atoms with Gasteiger partial charge in [0, 0.05) is 45.6 Å². The number of aryl methyl sites for hydroxylation is 1. The van der Waals surface area contributed by atoms with Crippen molar-refractivity contribution in [1.29, 1.82) is 0 Å². The zero-order valence-electron chi connectivity index (χ0n) is 9.70. The maximum atomic E-state index is 4.96. The predicted octanol–water partition coefficient (Wildman–Crippen LogP) is 1.07. The molecule has 0 unspecified atom stereocenters. The van der Waals surface area contributed by atoms with Crippen molar-refractivity contribution < 1.29 is 4.74 Å². The van der Waals surface area contributed by atoms with Crippen molar-refractivity contribution in [3.05, 3.63) is 18.2 Å². The summed E-state index contributed by atoms with van der Waals surface area (Å²) in [6, 6.07) is 0. The fourth-order valence-corrected chi connectivity index (χ4v) is 1.49. The van der Waals surface area contributed by atoms with Crippen LogP contribution in [0.5, 0.6) is 0 Å². The fourth-order valence-electron chi connectivity index (χ4n) is 1.49. The van der Waals surface area contributed by atoms with E-state index in [0.29, 0.717) is 0 Å². The molecule has 86 valence electrons. The minimum absolute atomic E-state index is 0.770. The van der Waals surface area contributed by atoms with E-state index >= 15 is 0 Å². The lowest BCUT2D eigenvalue weighted by molar-refractivity contribution is 0.199. The molecule has 1 rings (SSSR count). The van der Waals surface area contributed by atoms with E-state index in [0.717, 1.165) is 39.1 Å². The molecule has 1 aromatic rings. The Bertz CT molecular complexity index is 260. The Hall–Kier alpha value is -0.870. The first-order valence-electron chi connectivity index (χ1n) is 5.58. The molecule has 1 heterocycles. The minimum atomic E-state index is 0.770. The second kappa shape index (κ2) is 7.43. The van der Waals surface area contributed by atoms with E-state index in [1.165, 1.54) is 5.82 Å². The van der Waals surface area contributed by atoms with Gasteiger partial charge in [-0.15, -0.1) is 0 Å². The van der Waals surface area contributed by atoms with Gasteiger partial charge in [0.25, 0.3) is 0 Å². The summed E-state index contributed by atoms with van der Waals surface area (Å²) in [5, 5.41) is 3.32. The molecular formula is C11H21N3O. The third-order valence-electron chi connectivity index (χ3n) is 2.29. The van der Waals surface area contributed by atoms with Crippen molar-refractivity contribution in [2.24, 2.45) is 0 Å². The van der Waals surface area contributed by atoms with Gasteiger partial charge in [0.15, 0.2) is 0 Å². The van der Waals surface area contributed by atoms with Crippen molar-refractivity contribution in [3.8, 4) is 0 Å². The molecule has 0 bridgehead atoms. The summed E-state index contributed by atoms with van der Waals surface area (Å²) in [7, 11) is 1.72. The number of nitrogens with one attached hydrogen (secondary N) is 1. The van der Waals surface area contributed by atoms with Crippen molar-refractivity contribution in [1.82, 2.24) is 14.9 Å². The van der Waals surface area contributed by atoms with Crippen LogP contribution in [-0.4, -0.2) is 36.4 Å². The standard InChI is InChI=1S/C11H21N3O/c1-3-4-11-13-6-9-14(11)8-5-12-7-10-15-2/h6,9,12H,3-5,7-8,10H2,1-2H3. The quantitative estimate of drug-likeness (QED) is 0.654. The highest BCUT2D eigenvalue weighted by Gasteiger charge is 2.00. The lowest BCUT2D eigenvalue weighted by Crippen LogP contribution is -2.24. The molecule has 1 aromatic heterocycles. The zero-order chi connectivity index (χ0) is 10.9. The first-order chi connectivity index (χ1) is 7.38. The summed E-state index contributed by atoms with van der Waals surface area (Å²) in [5.74, 6) is 1.19. The van der Waals surface area contributed by atoms with Gasteiger partial charge in [0.2, 0.25) is 0 Å². The van der Waals surface area contributed by atoms with Gasteiger partial charge in [-0.1, -0.05) is 6.92 Å². The largest absolute Gasteiger partial charge is 0.383 e. The van der Waals surface area contributed by atoms with Crippen molar-refractivity contribution in [3.63, 3.8) is 0 Å². The van der Waals surface area contributed by atoms with E-state index in [-0.39, 0.29) is 0 Å². The second-order valence-corrected chi connectivity index (χ2v) is 3.53. The van der Waals surface area contributed by atoms with Crippen LogP contribution in [0.3, 0.4) is 0 Å². The van der Waals surface area contributed by atoms with Gasteiger partial charge in [-0.3, -0.25) is 0 Å². The Morgan fingerprint density at radius 2 is 2.33 bits per heavy atom. The molecule has 15 heavy (non-hydrogen) atoms. The van der Waals surface area contributed by atoms with Gasteiger partial charge >= 0.3 is 0 Å². The minimum Gasteiger partial charge on any atom is -0.383 e. The highest BCUT2D eigenvalue weighted by Crippen LogP contribution is 2.00. The molecule has 0 saturated carbocycles. The molecule has 4 heteroatoms. The van der Waals surface area contributed by atoms with E-state index in [1.807, 2.05) is 12.4 Å². The average molecular weight is 211 g/mol. The van der Waals surface area contributed by atoms with Gasteiger partial charge in [-0.05, 0) is 6.42 Å². The summed E-state index contributed by atoms with van der Waals surface area (Å²) in [6.45, 7) is 5.81. The van der Waals surface area contributed by atoms with E-state index in [1.54, 1.807) is 7.11 Å². The molecule has 0 amide bonds. The summed E-state index contributed by atoms with van der Waals surface area (Å²) in [6.07, 6.45) is 6.13. The lowest BCUT2D eigenvalue weighted by Gasteiger charge is -2.08. The molecule has 0 aliphatic heterocycles. The fraction of sp³-hybridized carbons (Fsp3) is 0.727. The molecule has 0 aliphatic carbocycles. The number of methoxy groups -OCH3 is 1. The van der Waals surface area contributed by atoms with Gasteiger partial charge in [0.05, 0.1) is 6.61 Å². The Morgan fingerprint density at radius 3 is 3.07 bits per heavy atom. The maximum absolute atomic E-state index is 4.96. The Balaban J connectivity index is 2.21. The molecule has 0 saturated heterocycles. The number of hydrogen-bond acceptors (Lipinski definition) is 3. The number of nitrogens with zero attached hydrogens (tertiary/aromatic N) is 2. The summed E-state index contributed by atoms with van der Waals surface area (Å²) in [4.78, 5) is 4.33. The monoisotopic (exact) mass is 211 g/mol. The second-order valence-electron chi connectivity index (χ2n) is 3.53. The molecule has 0 fully saturated rings. The molecule has 0 aromatic carbocycles. The van der Waals surface area contributed by atoms with E-state index in [9.17, 15) is 0 Å². The summed E-state index contributed by atoms with van der Waals surface area (Å²) >= 11 is 0. The van der Waals surface area contributed by atoms with Crippen LogP contribution in [0.1, 0.15) is 19.2 Å². The normalized spacial score (nSPS) is 10.8. The number of aromatic nitrogens is 2. The Labute approximate surface area is 91.7 Å². The van der Waals surface area contributed by atoms with Crippen LogP contribution in [0.4, 0.5) is 0 Å². The van der Waals surface area contributed by atoms with Crippen molar-refractivity contribution >= 4 is 0 Å². The van der Waals surface area contributed by atoms with Crippen LogP contribution in [-0.2, 0) is 17.7 Å². The molecule has 0 atom stereocenters. The van der Waals surface area contributed by atoms with E-state index in [2.05, 4.69) is 21.8 Å². The van der Waals surface area contributed by atoms with Crippen LogP contribution in [0.15, 0.2) is 12.4 Å². The first kappa shape index (κ1) is 12.2. The van der Waals surface area contributed by atoms with Crippen molar-refractivity contribution in [2.75, 3.05) is 26.8 Å². The van der Waals surface area contributed by atoms with Crippen LogP contribution in [0, 0.1) is 0 Å². The Morgan fingerprint density at radius 1 is 1.47 bits per heavy atom. The zero-order valence-corrected chi connectivity index (χ0v) is 9.70. The smallest absolute Gasteiger partial charge is 0.108 e. The lowest BCUT2D eigenvalue weighted by atomic mass is 10.3. The molecule has 4 nitrogen and oxygen atoms in total. The van der Waals surface area contributed by atoms with Crippen LogP contribution in [0.2, 0.25) is 0 Å². The summed E-state index contributed by atoms with van der Waals surface area (Å²) in [5.41, 5.74) is 0. The SMILES string of the molecule is CCCc1nccn1CCNCCOC. The predicted molar refractivity (Wildman–Crippen MR) is 61.0 cm³/mol. The molecule has 0 spiro atoms. The summed E-state index contributed by atoms with van der Waals surface area (Å²) < 4.78 is 7.17. The third kappa shape index (κ3) is 4.44. The van der Waals surface area contributed by atoms with E-state index in [4.69, 9.17) is 4.74 Å². The molecular weight excluding hydrogens is 190 g/mol. The number of imidazole rings is 1. The number of hydrogen-bond donors (Lipinski definition) is 1. The van der Waals surface area contributed by atoms with Crippen LogP contribution >= 0.6 is 0 Å². The number of ether oxygens (including phenoxy) is 1. The molecule has 0 radical (unpaired) electrons. The third-order valence-corrected chi connectivity index (χ3v) is 2.29. The van der Waals surface area contributed by atoms with Crippen molar-refractivity contribution in [2.45, 2.75) is 26.3 Å². The van der Waals surface area contributed by atoms with Crippen LogP contribution < -0.4 is 5.32 Å². The molecule has 0 aliphatic rings. The molecule has 1 N–H and O–H groups in total. The van der Waals surface area contributed by atoms with Gasteiger partial charge in [0.1, 0.15) is 5.82 Å². The highest BCUT2D eigenvalue weighted by molar-refractivity contribution is 4.92. The van der Waals surface area contributed by atoms with Crippen LogP contribution in [0.25, 0.3) is 0 Å². The average Bonchev–Trinajstić information content (AvgIpc) is 2.66. The van der Waals surface area contributed by atoms with Gasteiger partial charge in [-0.2, -0.15) is 0 Å². The Kier molecular flexibility index (Phi) is 6.04. The van der Waals surface area contributed by atoms with Gasteiger partial charge < -0.3 is 14.6 Å². The van der Waals surface area contributed by atoms with Gasteiger partial charge in [-0.25, -0.2) is 4.98 Å². The maximum Gasteiger partial charge on any atom is 0.108 e. The number of rotatable bonds is 8. The van der Waals surface area contributed by atoms with E-state index < -0.39 is 0 Å². The first-order valence-corrected chi connectivity index (χ1v) is 5.58. The highest BCUT2D eigenvalue weighted by atomic mass is 16.5.